The van der Waals surface area contributed by atoms with Crippen LogP contribution in [0.2, 0.25) is 0 Å². The van der Waals surface area contributed by atoms with E-state index in [0.717, 1.165) is 21.3 Å². The Kier molecular flexibility index (Phi) is 11.0. The van der Waals surface area contributed by atoms with Gasteiger partial charge < -0.3 is 30.0 Å². The van der Waals surface area contributed by atoms with E-state index < -0.39 is 35.8 Å². The third-order valence-corrected chi connectivity index (χ3v) is 7.73. The van der Waals surface area contributed by atoms with Crippen LogP contribution in [-0.2, 0) is 21.7 Å². The second-order valence-electron chi connectivity index (χ2n) is 10.8. The van der Waals surface area contributed by atoms with E-state index in [1.807, 2.05) is 78.9 Å². The van der Waals surface area contributed by atoms with Crippen LogP contribution in [0, 0.1) is 0 Å². The Bertz CT molecular complexity index is 1820. The molecule has 5 aromatic rings. The third kappa shape index (κ3) is 7.77. The minimum absolute atomic E-state index is 0.0569. The molecule has 0 saturated heterocycles. The Balaban J connectivity index is 1.35. The first kappa shape index (κ1) is 33.6. The number of nitrogens with one attached hydrogen (secondary N) is 2. The van der Waals surface area contributed by atoms with Gasteiger partial charge in [-0.3, -0.25) is 14.2 Å². The largest absolute Gasteiger partial charge is 0.497 e. The topological polar surface area (TPSA) is 141 Å². The fraction of sp³-hybridized carbons (Fsp3) is 0.189. The van der Waals surface area contributed by atoms with Gasteiger partial charge in [-0.05, 0) is 59.2 Å². The number of hydrogen-bond donors (Lipinski definition) is 3. The lowest BCUT2D eigenvalue weighted by molar-refractivity contribution is -0.123. The molecule has 0 aliphatic rings. The van der Waals surface area contributed by atoms with E-state index in [9.17, 15) is 19.5 Å². The second-order valence-corrected chi connectivity index (χ2v) is 10.8. The highest BCUT2D eigenvalue weighted by molar-refractivity contribution is 6.03. The van der Waals surface area contributed by atoms with Gasteiger partial charge in [0.05, 0.1) is 33.5 Å². The molecule has 48 heavy (non-hydrogen) atoms. The highest BCUT2D eigenvalue weighted by Gasteiger charge is 2.38. The number of amides is 2. The number of hydrogen-bond acceptors (Lipinski definition) is 8. The van der Waals surface area contributed by atoms with Crippen LogP contribution in [0.5, 0.6) is 11.5 Å². The molecule has 0 fully saturated rings. The van der Waals surface area contributed by atoms with Crippen molar-refractivity contribution in [1.29, 1.82) is 0 Å². The zero-order valence-corrected chi connectivity index (χ0v) is 26.5. The number of anilines is 1. The van der Waals surface area contributed by atoms with Crippen LogP contribution in [0.15, 0.2) is 126 Å². The molecule has 0 unspecified atom stereocenters. The molecule has 0 radical (unpaired) electrons. The molecule has 11 heteroatoms. The van der Waals surface area contributed by atoms with E-state index >= 15 is 0 Å². The van der Waals surface area contributed by atoms with Crippen molar-refractivity contribution in [1.82, 2.24) is 14.9 Å². The molecule has 0 aliphatic carbocycles. The van der Waals surface area contributed by atoms with Gasteiger partial charge in [-0.15, -0.1) is 0 Å². The van der Waals surface area contributed by atoms with Crippen LogP contribution < -0.4 is 25.8 Å². The smallest absolute Gasteiger partial charge is 0.349 e. The number of benzene rings is 4. The molecule has 246 valence electrons. The highest BCUT2D eigenvalue weighted by atomic mass is 16.5. The zero-order valence-electron chi connectivity index (χ0n) is 26.5. The maximum Gasteiger partial charge on any atom is 0.349 e. The SMILES string of the molecule is COc1ccc(C(OC[C@@H](CO)NC(=O)Cn2ccc(NC(=O)c3ccccc3)nc2=O)(c2ccccc2)c2ccc(OC)cc2)cc1. The van der Waals surface area contributed by atoms with Crippen LogP contribution in [0.1, 0.15) is 27.0 Å². The van der Waals surface area contributed by atoms with E-state index in [4.69, 9.17) is 14.2 Å². The first-order valence-electron chi connectivity index (χ1n) is 15.2. The van der Waals surface area contributed by atoms with Crippen molar-refractivity contribution >= 4 is 17.6 Å². The van der Waals surface area contributed by atoms with Crippen LogP contribution in [-0.4, -0.2) is 59.9 Å². The summed E-state index contributed by atoms with van der Waals surface area (Å²) in [4.78, 5) is 42.1. The van der Waals surface area contributed by atoms with Crippen LogP contribution in [0.3, 0.4) is 0 Å². The van der Waals surface area contributed by atoms with Gasteiger partial charge in [0.1, 0.15) is 29.5 Å². The quantitative estimate of drug-likeness (QED) is 0.154. The summed E-state index contributed by atoms with van der Waals surface area (Å²) in [7, 11) is 3.19. The number of aliphatic hydroxyl groups excluding tert-OH is 1. The van der Waals surface area contributed by atoms with E-state index in [1.54, 1.807) is 44.6 Å². The lowest BCUT2D eigenvalue weighted by atomic mass is 9.80. The minimum atomic E-state index is -1.15. The lowest BCUT2D eigenvalue weighted by Crippen LogP contribution is -2.46. The fourth-order valence-electron chi connectivity index (χ4n) is 5.26. The van der Waals surface area contributed by atoms with Crippen molar-refractivity contribution in [2.75, 3.05) is 32.8 Å². The monoisotopic (exact) mass is 648 g/mol. The number of aromatic nitrogens is 2. The third-order valence-electron chi connectivity index (χ3n) is 7.73. The van der Waals surface area contributed by atoms with Gasteiger partial charge in [0.25, 0.3) is 5.91 Å². The van der Waals surface area contributed by atoms with Gasteiger partial charge >= 0.3 is 5.69 Å². The van der Waals surface area contributed by atoms with Gasteiger partial charge in [-0.1, -0.05) is 72.8 Å². The minimum Gasteiger partial charge on any atom is -0.497 e. The predicted octanol–water partition coefficient (Wildman–Crippen LogP) is 4.00. The summed E-state index contributed by atoms with van der Waals surface area (Å²) in [6, 6.07) is 33.8. The average Bonchev–Trinajstić information content (AvgIpc) is 3.13. The van der Waals surface area contributed by atoms with Gasteiger partial charge in [0.15, 0.2) is 0 Å². The average molecular weight is 649 g/mol. The molecule has 0 saturated carbocycles. The summed E-state index contributed by atoms with van der Waals surface area (Å²) in [5.74, 6) is 0.447. The van der Waals surface area contributed by atoms with Crippen molar-refractivity contribution in [3.8, 4) is 11.5 Å². The summed E-state index contributed by atoms with van der Waals surface area (Å²) in [6.45, 7) is -0.887. The van der Waals surface area contributed by atoms with E-state index in [0.29, 0.717) is 17.1 Å². The van der Waals surface area contributed by atoms with Gasteiger partial charge in [-0.25, -0.2) is 4.79 Å². The Hall–Kier alpha value is -5.78. The summed E-state index contributed by atoms with van der Waals surface area (Å²) >= 11 is 0. The van der Waals surface area contributed by atoms with Gasteiger partial charge in [0.2, 0.25) is 5.91 Å². The van der Waals surface area contributed by atoms with E-state index in [-0.39, 0.29) is 19.0 Å². The standard InChI is InChI=1S/C37H36N4O7/c1-46-31-17-13-28(14-18-31)37(27-11-7-4-8-12-27,29-15-19-32(47-2)20-16-29)48-25-30(24-42)38-34(43)23-41-22-21-33(40-36(41)45)39-35(44)26-9-5-3-6-10-26/h3-22,30,42H,23-25H2,1-2H3,(H,38,43)(H,39,40,44,45)/t30-/m1/s1. The van der Waals surface area contributed by atoms with Gasteiger partial charge in [-0.2, -0.15) is 4.98 Å². The highest BCUT2D eigenvalue weighted by Crippen LogP contribution is 2.41. The van der Waals surface area contributed by atoms with E-state index in [1.165, 1.54) is 12.3 Å². The Morgan fingerprint density at radius 3 is 1.85 bits per heavy atom. The number of rotatable bonds is 14. The molecule has 1 atom stereocenters. The van der Waals surface area contributed by atoms with E-state index in [2.05, 4.69) is 15.6 Å². The molecule has 0 aliphatic heterocycles. The van der Waals surface area contributed by atoms with Crippen LogP contribution in [0.25, 0.3) is 0 Å². The molecular weight excluding hydrogens is 612 g/mol. The molecule has 11 nitrogen and oxygen atoms in total. The Labute approximate surface area is 277 Å². The summed E-state index contributed by atoms with van der Waals surface area (Å²) in [6.07, 6.45) is 1.37. The Morgan fingerprint density at radius 1 is 0.792 bits per heavy atom. The number of carbonyl (C=O) groups excluding carboxylic acids is 2. The summed E-state index contributed by atoms with van der Waals surface area (Å²) in [5.41, 5.74) is 0.934. The lowest BCUT2D eigenvalue weighted by Gasteiger charge is -2.37. The van der Waals surface area contributed by atoms with Crippen LogP contribution >= 0.6 is 0 Å². The predicted molar refractivity (Wildman–Crippen MR) is 180 cm³/mol. The molecule has 3 N–H and O–H groups in total. The molecule has 5 rings (SSSR count). The number of aliphatic hydroxyl groups is 1. The van der Waals surface area contributed by atoms with Crippen LogP contribution in [0.4, 0.5) is 5.82 Å². The number of carbonyl (C=O) groups is 2. The van der Waals surface area contributed by atoms with Crippen molar-refractivity contribution in [3.63, 3.8) is 0 Å². The molecule has 1 heterocycles. The molecule has 4 aromatic carbocycles. The van der Waals surface area contributed by atoms with Crippen molar-refractivity contribution in [3.05, 3.63) is 154 Å². The summed E-state index contributed by atoms with van der Waals surface area (Å²) in [5, 5.41) is 15.6. The molecule has 1 aromatic heterocycles. The van der Waals surface area contributed by atoms with Crippen molar-refractivity contribution in [2.24, 2.45) is 0 Å². The zero-order chi connectivity index (χ0) is 33.9. The van der Waals surface area contributed by atoms with Crippen molar-refractivity contribution < 1.29 is 28.9 Å². The first-order valence-corrected chi connectivity index (χ1v) is 15.2. The maximum atomic E-state index is 13.1. The van der Waals surface area contributed by atoms with Gasteiger partial charge in [0, 0.05) is 11.8 Å². The number of ether oxygens (including phenoxy) is 3. The molecule has 0 spiro atoms. The maximum absolute atomic E-state index is 13.1. The second kappa shape index (κ2) is 15.7. The molecule has 0 bridgehead atoms. The summed E-state index contributed by atoms with van der Waals surface area (Å²) < 4.78 is 18.7. The number of methoxy groups -OCH3 is 2. The normalized spacial score (nSPS) is 11.7. The fourth-order valence-corrected chi connectivity index (χ4v) is 5.26. The number of nitrogens with zero attached hydrogens (tertiary/aromatic N) is 2. The Morgan fingerprint density at radius 2 is 1.33 bits per heavy atom. The van der Waals surface area contributed by atoms with Crippen molar-refractivity contribution in [2.45, 2.75) is 18.2 Å². The molecular formula is C37H36N4O7. The molecule has 2 amide bonds. The first-order chi connectivity index (χ1) is 23.4.